The van der Waals surface area contributed by atoms with Crippen LogP contribution in [0, 0.1) is 29.0 Å². The first kappa shape index (κ1) is 21.8. The maximum atomic E-state index is 13.5. The van der Waals surface area contributed by atoms with Crippen LogP contribution in [0.1, 0.15) is 35.4 Å². The van der Waals surface area contributed by atoms with Gasteiger partial charge in [0.1, 0.15) is 17.6 Å². The fourth-order valence-corrected chi connectivity index (χ4v) is 4.98. The predicted molar refractivity (Wildman–Crippen MR) is 126 cm³/mol. The number of halogens is 1. The first-order valence-corrected chi connectivity index (χ1v) is 11.4. The number of carbonyl (C=O) groups excluding carboxylic acids is 1. The second-order valence-corrected chi connectivity index (χ2v) is 8.90. The van der Waals surface area contributed by atoms with Crippen molar-refractivity contribution in [2.45, 2.75) is 25.2 Å². The zero-order valence-electron chi connectivity index (χ0n) is 18.5. The van der Waals surface area contributed by atoms with E-state index in [1.54, 1.807) is 0 Å². The summed E-state index contributed by atoms with van der Waals surface area (Å²) in [6.45, 7) is 1.49. The predicted octanol–water partition coefficient (Wildman–Crippen LogP) is 3.59. The smallest absolute Gasteiger partial charge is 0.258 e. The van der Waals surface area contributed by atoms with Crippen molar-refractivity contribution in [3.63, 3.8) is 0 Å². The molecule has 2 unspecified atom stereocenters. The third kappa shape index (κ3) is 4.17. The molecule has 8 heteroatoms. The molecule has 1 saturated heterocycles. The van der Waals surface area contributed by atoms with Crippen LogP contribution in [0.4, 0.5) is 16.2 Å². The summed E-state index contributed by atoms with van der Waals surface area (Å²) in [5, 5.41) is 12.3. The molecule has 2 atom stereocenters. The van der Waals surface area contributed by atoms with E-state index < -0.39 is 29.1 Å². The molecule has 2 aliphatic rings. The van der Waals surface area contributed by atoms with Gasteiger partial charge >= 0.3 is 0 Å². The summed E-state index contributed by atoms with van der Waals surface area (Å²) in [5.41, 5.74) is 1.66. The molecule has 5 rings (SSSR count). The first-order chi connectivity index (χ1) is 16.5. The monoisotopic (exact) mass is 457 g/mol. The van der Waals surface area contributed by atoms with E-state index in [0.717, 1.165) is 32.4 Å². The van der Waals surface area contributed by atoms with Crippen LogP contribution in [0.25, 0.3) is 0 Å². The van der Waals surface area contributed by atoms with Gasteiger partial charge in [0.25, 0.3) is 5.56 Å². The Labute approximate surface area is 196 Å². The van der Waals surface area contributed by atoms with Crippen molar-refractivity contribution in [1.82, 2.24) is 9.97 Å². The number of aromatic amines is 1. The van der Waals surface area contributed by atoms with Crippen molar-refractivity contribution in [2.75, 3.05) is 23.3 Å². The number of nitriles is 1. The van der Waals surface area contributed by atoms with Gasteiger partial charge in [-0.25, -0.2) is 4.39 Å². The number of nitrogens with zero attached hydrogens (tertiary/aromatic N) is 3. The van der Waals surface area contributed by atoms with Crippen LogP contribution in [0.5, 0.6) is 0 Å². The molecule has 2 N–H and O–H groups in total. The van der Waals surface area contributed by atoms with Gasteiger partial charge in [0.2, 0.25) is 11.9 Å². The van der Waals surface area contributed by atoms with Crippen LogP contribution in [0.3, 0.4) is 0 Å². The van der Waals surface area contributed by atoms with E-state index >= 15 is 0 Å². The topological polar surface area (TPSA) is 102 Å². The third-order valence-electron chi connectivity index (χ3n) is 6.76. The molecule has 0 aliphatic carbocycles. The molecule has 1 fully saturated rings. The number of rotatable bonds is 4. The lowest BCUT2D eigenvalue weighted by molar-refractivity contribution is -0.119. The number of anilines is 2. The molecular formula is C26H24FN5O2. The minimum atomic E-state index is -1.11. The normalized spacial score (nSPS) is 20.4. The van der Waals surface area contributed by atoms with E-state index in [4.69, 9.17) is 0 Å². The van der Waals surface area contributed by atoms with E-state index in [1.807, 2.05) is 17.0 Å². The molecule has 7 nitrogen and oxygen atoms in total. The average molecular weight is 458 g/mol. The van der Waals surface area contributed by atoms with Crippen molar-refractivity contribution in [1.29, 1.82) is 5.26 Å². The third-order valence-corrected chi connectivity index (χ3v) is 6.76. The van der Waals surface area contributed by atoms with Crippen molar-refractivity contribution >= 4 is 17.7 Å². The molecule has 0 saturated carbocycles. The van der Waals surface area contributed by atoms with E-state index in [9.17, 15) is 19.2 Å². The number of nitrogens with one attached hydrogen (secondary N) is 2. The highest BCUT2D eigenvalue weighted by molar-refractivity contribution is 5.97. The zero-order valence-corrected chi connectivity index (χ0v) is 18.5. The van der Waals surface area contributed by atoms with Crippen LogP contribution in [-0.2, 0) is 11.2 Å². The van der Waals surface area contributed by atoms with Crippen LogP contribution < -0.4 is 15.8 Å². The molecule has 2 aliphatic heterocycles. The maximum Gasteiger partial charge on any atom is 0.258 e. The van der Waals surface area contributed by atoms with Gasteiger partial charge in [-0.1, -0.05) is 42.5 Å². The zero-order chi connectivity index (χ0) is 23.7. The molecule has 1 amide bonds. The fraction of sp³-hybridized carbons (Fsp3) is 0.308. The summed E-state index contributed by atoms with van der Waals surface area (Å²) in [4.78, 5) is 35.3. The second kappa shape index (κ2) is 9.10. The van der Waals surface area contributed by atoms with Crippen molar-refractivity contribution in [2.24, 2.45) is 11.8 Å². The van der Waals surface area contributed by atoms with Gasteiger partial charge in [0.05, 0.1) is 11.6 Å². The summed E-state index contributed by atoms with van der Waals surface area (Å²) in [7, 11) is 0. The molecule has 34 heavy (non-hydrogen) atoms. The highest BCUT2D eigenvalue weighted by Gasteiger charge is 2.40. The van der Waals surface area contributed by atoms with Gasteiger partial charge in [-0.2, -0.15) is 10.2 Å². The number of fused-ring (bicyclic) bond motifs is 1. The Morgan fingerprint density at radius 2 is 1.76 bits per heavy atom. The lowest BCUT2D eigenvalue weighted by Crippen LogP contribution is -2.41. The molecule has 3 aromatic rings. The molecule has 3 heterocycles. The second-order valence-electron chi connectivity index (χ2n) is 8.90. The molecule has 1 aromatic heterocycles. The minimum Gasteiger partial charge on any atom is -0.342 e. The van der Waals surface area contributed by atoms with E-state index in [1.165, 1.54) is 29.8 Å². The summed E-state index contributed by atoms with van der Waals surface area (Å²) >= 11 is 0. The number of amides is 1. The highest BCUT2D eigenvalue weighted by Crippen LogP contribution is 2.38. The van der Waals surface area contributed by atoms with Crippen molar-refractivity contribution in [3.8, 4) is 6.07 Å². The summed E-state index contributed by atoms with van der Waals surface area (Å²) < 4.78 is 13.5. The summed E-state index contributed by atoms with van der Waals surface area (Å²) in [6, 6.07) is 17.9. The van der Waals surface area contributed by atoms with Gasteiger partial charge in [0.15, 0.2) is 0 Å². The molecule has 0 spiro atoms. The van der Waals surface area contributed by atoms with Gasteiger partial charge in [-0.15, -0.1) is 0 Å². The Bertz CT molecular complexity index is 1290. The van der Waals surface area contributed by atoms with E-state index in [-0.39, 0.29) is 11.4 Å². The molecule has 2 aromatic carbocycles. The quantitative estimate of drug-likeness (QED) is 0.623. The van der Waals surface area contributed by atoms with Crippen LogP contribution >= 0.6 is 0 Å². The minimum absolute atomic E-state index is 0.163. The molecule has 0 radical (unpaired) electrons. The van der Waals surface area contributed by atoms with Gasteiger partial charge in [-0.3, -0.25) is 14.6 Å². The Morgan fingerprint density at radius 3 is 2.44 bits per heavy atom. The summed E-state index contributed by atoms with van der Waals surface area (Å²) in [6.07, 6.45) is 2.96. The van der Waals surface area contributed by atoms with Gasteiger partial charge < -0.3 is 10.2 Å². The number of carbonyl (C=O) groups is 1. The number of piperidine rings is 1. The number of hydrogen-bond donors (Lipinski definition) is 2. The van der Waals surface area contributed by atoms with Gasteiger partial charge in [-0.05, 0) is 48.4 Å². The van der Waals surface area contributed by atoms with Crippen LogP contribution in [-0.4, -0.2) is 29.0 Å². The molecular weight excluding hydrogens is 433 g/mol. The SMILES string of the molecule is N#CC1C(=O)Nc2nc(N3CCC(Cc4ccccc4)CC3)[nH]c(=O)c2C1c1ccc(F)cc1. The Balaban J connectivity index is 1.40. The molecule has 0 bridgehead atoms. The molecule has 172 valence electrons. The number of hydrogen-bond acceptors (Lipinski definition) is 5. The van der Waals surface area contributed by atoms with E-state index in [2.05, 4.69) is 39.6 Å². The Morgan fingerprint density at radius 1 is 1.06 bits per heavy atom. The van der Waals surface area contributed by atoms with Crippen LogP contribution in [0.2, 0.25) is 0 Å². The average Bonchev–Trinajstić information content (AvgIpc) is 2.85. The summed E-state index contributed by atoms with van der Waals surface area (Å²) in [5.74, 6) is -1.75. The van der Waals surface area contributed by atoms with Crippen LogP contribution in [0.15, 0.2) is 59.4 Å². The lowest BCUT2D eigenvalue weighted by atomic mass is 9.79. The highest BCUT2D eigenvalue weighted by atomic mass is 19.1. The standard InChI is InChI=1S/C26H24FN5O2/c27-19-8-6-18(7-9-19)21-20(15-28)24(33)29-23-22(21)25(34)31-26(30-23)32-12-10-17(11-13-32)14-16-4-2-1-3-5-16/h1-9,17,20-21H,10-14H2,(H2,29,30,31,33,34). The lowest BCUT2D eigenvalue weighted by Gasteiger charge is -2.34. The first-order valence-electron chi connectivity index (χ1n) is 11.4. The van der Waals surface area contributed by atoms with Crippen molar-refractivity contribution in [3.05, 3.63) is 87.5 Å². The van der Waals surface area contributed by atoms with E-state index in [0.29, 0.717) is 17.4 Å². The maximum absolute atomic E-state index is 13.5. The number of aromatic nitrogens is 2. The number of benzene rings is 2. The van der Waals surface area contributed by atoms with Gasteiger partial charge in [0, 0.05) is 19.0 Å². The number of H-pyrrole nitrogens is 1. The Kier molecular flexibility index (Phi) is 5.84. The fourth-order valence-electron chi connectivity index (χ4n) is 4.98. The largest absolute Gasteiger partial charge is 0.342 e. The van der Waals surface area contributed by atoms with Crippen molar-refractivity contribution < 1.29 is 9.18 Å². The Hall–Kier alpha value is -3.99.